The highest BCUT2D eigenvalue weighted by Gasteiger charge is 2.44. The number of unbranched alkanes of at least 4 members (excludes halogenated alkanes) is 11. The molecule has 0 aliphatic carbocycles. The molecule has 0 aromatic carbocycles. The van der Waals surface area contributed by atoms with Crippen molar-refractivity contribution in [2.45, 2.75) is 198 Å². The van der Waals surface area contributed by atoms with Crippen molar-refractivity contribution in [3.05, 3.63) is 109 Å². The summed E-state index contributed by atoms with van der Waals surface area (Å²) in [5.41, 5.74) is 0. The summed E-state index contributed by atoms with van der Waals surface area (Å²) in [4.78, 5) is 13.0. The highest BCUT2D eigenvalue weighted by atomic mass is 16.7. The second-order valence-corrected chi connectivity index (χ2v) is 15.8. The first-order valence-electron chi connectivity index (χ1n) is 23.6. The van der Waals surface area contributed by atoms with Crippen molar-refractivity contribution >= 4 is 5.91 Å². The van der Waals surface area contributed by atoms with Crippen LogP contribution in [-0.4, -0.2) is 87.5 Å². The van der Waals surface area contributed by atoms with Crippen molar-refractivity contribution in [2.75, 3.05) is 13.2 Å². The van der Waals surface area contributed by atoms with Gasteiger partial charge in [0.25, 0.3) is 0 Å². The topological polar surface area (TPSA) is 149 Å². The molecule has 9 nitrogen and oxygen atoms in total. The summed E-state index contributed by atoms with van der Waals surface area (Å²) in [5.74, 6) is -0.222. The van der Waals surface area contributed by atoms with E-state index in [1.54, 1.807) is 6.08 Å². The van der Waals surface area contributed by atoms with Crippen molar-refractivity contribution < 1.29 is 39.8 Å². The lowest BCUT2D eigenvalue weighted by Gasteiger charge is -2.40. The summed E-state index contributed by atoms with van der Waals surface area (Å²) >= 11 is 0. The Hall–Kier alpha value is -3.15. The van der Waals surface area contributed by atoms with Crippen LogP contribution in [0.4, 0.5) is 0 Å². The molecule has 1 aliphatic heterocycles. The molecule has 0 bridgehead atoms. The van der Waals surface area contributed by atoms with Crippen LogP contribution in [-0.2, 0) is 14.3 Å². The average molecular weight is 852 g/mol. The molecule has 1 amide bonds. The van der Waals surface area contributed by atoms with Crippen molar-refractivity contribution in [1.82, 2.24) is 5.32 Å². The molecule has 1 heterocycles. The Balaban J connectivity index is 2.40. The van der Waals surface area contributed by atoms with Crippen molar-refractivity contribution in [2.24, 2.45) is 0 Å². The van der Waals surface area contributed by atoms with Gasteiger partial charge in [0.1, 0.15) is 24.4 Å². The fraction of sp³-hybridized carbons (Fsp3) is 0.635. The maximum atomic E-state index is 13.0. The number of allylic oxidation sites excluding steroid dienone is 17. The van der Waals surface area contributed by atoms with Crippen molar-refractivity contribution in [3.8, 4) is 0 Å². The summed E-state index contributed by atoms with van der Waals surface area (Å²) in [6, 6.07) is -0.849. The van der Waals surface area contributed by atoms with Crippen LogP contribution in [0.2, 0.25) is 0 Å². The van der Waals surface area contributed by atoms with Gasteiger partial charge in [-0.05, 0) is 96.3 Å². The summed E-state index contributed by atoms with van der Waals surface area (Å²) in [5, 5.41) is 54.2. The number of aliphatic hydroxyl groups is 5. The zero-order chi connectivity index (χ0) is 44.4. The number of hydrogen-bond donors (Lipinski definition) is 6. The zero-order valence-electron chi connectivity index (χ0n) is 37.9. The van der Waals surface area contributed by atoms with Crippen LogP contribution in [0.5, 0.6) is 0 Å². The van der Waals surface area contributed by atoms with E-state index in [1.165, 1.54) is 32.1 Å². The van der Waals surface area contributed by atoms with Crippen LogP contribution in [0.1, 0.15) is 155 Å². The van der Waals surface area contributed by atoms with Gasteiger partial charge in [-0.1, -0.05) is 162 Å². The highest BCUT2D eigenvalue weighted by Crippen LogP contribution is 2.22. The maximum Gasteiger partial charge on any atom is 0.220 e. The van der Waals surface area contributed by atoms with Gasteiger partial charge in [-0.15, -0.1) is 0 Å². The van der Waals surface area contributed by atoms with Gasteiger partial charge < -0.3 is 40.3 Å². The molecule has 61 heavy (non-hydrogen) atoms. The van der Waals surface area contributed by atoms with E-state index in [-0.39, 0.29) is 12.5 Å². The summed E-state index contributed by atoms with van der Waals surface area (Å²) < 4.78 is 11.2. The number of carbonyl (C=O) groups excluding carboxylic acids is 1. The Morgan fingerprint density at radius 3 is 1.56 bits per heavy atom. The lowest BCUT2D eigenvalue weighted by molar-refractivity contribution is -0.302. The number of aliphatic hydroxyl groups excluding tert-OH is 5. The molecule has 1 rings (SSSR count). The molecule has 9 heteroatoms. The van der Waals surface area contributed by atoms with E-state index in [4.69, 9.17) is 9.47 Å². The quantitative estimate of drug-likeness (QED) is 0.0267. The highest BCUT2D eigenvalue weighted by molar-refractivity contribution is 5.76. The minimum atomic E-state index is -1.59. The molecule has 1 saturated heterocycles. The maximum absolute atomic E-state index is 13.0. The molecule has 0 radical (unpaired) electrons. The second-order valence-electron chi connectivity index (χ2n) is 15.8. The second kappa shape index (κ2) is 40.9. The van der Waals surface area contributed by atoms with E-state index < -0.39 is 49.5 Å². The van der Waals surface area contributed by atoms with E-state index in [2.05, 4.69) is 116 Å². The predicted molar refractivity (Wildman–Crippen MR) is 253 cm³/mol. The standard InChI is InChI=1S/C52H85NO8/c1-3-5-7-9-11-13-15-17-19-20-21-22-23-24-25-26-28-30-32-34-36-38-40-42-48(56)53-45(44-60-52-51(59)50(58)49(57)47(43-54)61-52)46(55)41-39-37-35-33-31-29-27-18-16-14-12-10-8-6-4-2/h5,7,11,13,16-19,21-22,24-25,28,30-31,33,39,41,45-47,49-52,54-55,57-59H,3-4,6,8-10,12,14-15,20,23,26-27,29,32,34-38,40,42-44H2,1-2H3,(H,53,56)/b7-5-,13-11-,18-16+,19-17-,22-21-,25-24-,30-28-,33-31+,41-39+. The number of hydrogen-bond acceptors (Lipinski definition) is 8. The Kier molecular flexibility index (Phi) is 37.5. The van der Waals surface area contributed by atoms with E-state index in [1.807, 2.05) is 6.08 Å². The van der Waals surface area contributed by atoms with E-state index in [9.17, 15) is 30.3 Å². The third-order valence-electron chi connectivity index (χ3n) is 10.3. The Bertz CT molecular complexity index is 1310. The first kappa shape index (κ1) is 55.9. The molecule has 0 aromatic rings. The SMILES string of the molecule is CC/C=C\C/C=C\C/C=C\C/C=C\C/C=C\C/C=C\CCCCCCC(=O)NC(COC1OC(CO)C(O)C(O)C1O)C(O)/C=C/CC/C=C/CC/C=C/CCCCCCC. The summed E-state index contributed by atoms with van der Waals surface area (Å²) in [6.07, 6.45) is 52.7. The number of carbonyl (C=O) groups is 1. The first-order chi connectivity index (χ1) is 29.8. The van der Waals surface area contributed by atoms with E-state index >= 15 is 0 Å². The fourth-order valence-corrected chi connectivity index (χ4v) is 6.54. The van der Waals surface area contributed by atoms with Crippen molar-refractivity contribution in [1.29, 1.82) is 0 Å². The Morgan fingerprint density at radius 2 is 1.03 bits per heavy atom. The molecule has 346 valence electrons. The minimum absolute atomic E-state index is 0.222. The molecular formula is C52H85NO8. The van der Waals surface area contributed by atoms with Crippen LogP contribution < -0.4 is 5.32 Å². The lowest BCUT2D eigenvalue weighted by atomic mass is 9.99. The van der Waals surface area contributed by atoms with Gasteiger partial charge in [-0.25, -0.2) is 0 Å². The van der Waals surface area contributed by atoms with E-state index in [0.717, 1.165) is 89.9 Å². The number of nitrogens with one attached hydrogen (secondary N) is 1. The number of amides is 1. The third-order valence-corrected chi connectivity index (χ3v) is 10.3. The number of ether oxygens (including phenoxy) is 2. The molecule has 7 atom stereocenters. The molecule has 0 spiro atoms. The largest absolute Gasteiger partial charge is 0.394 e. The van der Waals surface area contributed by atoms with Gasteiger partial charge in [-0.3, -0.25) is 4.79 Å². The molecule has 0 aromatic heterocycles. The van der Waals surface area contributed by atoms with Crippen LogP contribution in [0.25, 0.3) is 0 Å². The lowest BCUT2D eigenvalue weighted by Crippen LogP contribution is -2.60. The van der Waals surface area contributed by atoms with Crippen LogP contribution in [0.15, 0.2) is 109 Å². The fourth-order valence-electron chi connectivity index (χ4n) is 6.54. The Labute approximate surface area is 370 Å². The zero-order valence-corrected chi connectivity index (χ0v) is 37.9. The molecular weight excluding hydrogens is 767 g/mol. The molecule has 1 fully saturated rings. The first-order valence-corrected chi connectivity index (χ1v) is 23.6. The van der Waals surface area contributed by atoms with Gasteiger partial charge in [0.05, 0.1) is 25.4 Å². The van der Waals surface area contributed by atoms with Gasteiger partial charge >= 0.3 is 0 Å². The van der Waals surface area contributed by atoms with Crippen LogP contribution in [0.3, 0.4) is 0 Å². The van der Waals surface area contributed by atoms with Gasteiger partial charge in [0, 0.05) is 6.42 Å². The number of rotatable bonds is 37. The molecule has 1 aliphatic rings. The monoisotopic (exact) mass is 852 g/mol. The van der Waals surface area contributed by atoms with E-state index in [0.29, 0.717) is 19.3 Å². The molecule has 0 saturated carbocycles. The summed E-state index contributed by atoms with van der Waals surface area (Å²) in [6.45, 7) is 3.58. The average Bonchev–Trinajstić information content (AvgIpc) is 3.26. The third kappa shape index (κ3) is 31.4. The summed E-state index contributed by atoms with van der Waals surface area (Å²) in [7, 11) is 0. The molecule has 7 unspecified atom stereocenters. The Morgan fingerprint density at radius 1 is 0.574 bits per heavy atom. The molecule has 6 N–H and O–H groups in total. The predicted octanol–water partition coefficient (Wildman–Crippen LogP) is 10.3. The van der Waals surface area contributed by atoms with Crippen molar-refractivity contribution in [3.63, 3.8) is 0 Å². The van der Waals surface area contributed by atoms with Crippen LogP contribution >= 0.6 is 0 Å². The smallest absolute Gasteiger partial charge is 0.220 e. The van der Waals surface area contributed by atoms with Gasteiger partial charge in [0.2, 0.25) is 5.91 Å². The van der Waals surface area contributed by atoms with Gasteiger partial charge in [-0.2, -0.15) is 0 Å². The van der Waals surface area contributed by atoms with Crippen LogP contribution in [0, 0.1) is 0 Å². The minimum Gasteiger partial charge on any atom is -0.394 e. The normalized spacial score (nSPS) is 21.5. The van der Waals surface area contributed by atoms with Gasteiger partial charge in [0.15, 0.2) is 6.29 Å².